The first-order valence-electron chi connectivity index (χ1n) is 7.53. The van der Waals surface area contributed by atoms with Crippen molar-refractivity contribution in [3.05, 3.63) is 0 Å². The molecule has 2 amide bonds. The van der Waals surface area contributed by atoms with E-state index in [1.54, 1.807) is 0 Å². The van der Waals surface area contributed by atoms with E-state index in [1.165, 1.54) is 6.42 Å². The quantitative estimate of drug-likeness (QED) is 0.812. The summed E-state index contributed by atoms with van der Waals surface area (Å²) < 4.78 is 0. The number of nitrogens with zero attached hydrogens (tertiary/aromatic N) is 1. The first-order valence-corrected chi connectivity index (χ1v) is 7.53. The van der Waals surface area contributed by atoms with Crippen molar-refractivity contribution in [1.82, 2.24) is 15.5 Å². The van der Waals surface area contributed by atoms with Gasteiger partial charge in [-0.05, 0) is 38.6 Å². The standard InChI is InChI=1S/C14H25N3O2.ClH/c18-13(17-9-2-1-3-10-17)6-8-16-14(19)12-5-4-7-15-11-12;/h12,15H,1-11H2,(H,16,19);1H/t12-;/m1./s1. The molecule has 0 aliphatic carbocycles. The SMILES string of the molecule is Cl.O=C(NCCC(=O)N1CCCCC1)[C@@H]1CCCNC1. The van der Waals surface area contributed by atoms with Crippen LogP contribution in [0.3, 0.4) is 0 Å². The monoisotopic (exact) mass is 303 g/mol. The Morgan fingerprint density at radius 2 is 1.90 bits per heavy atom. The Balaban J connectivity index is 0.00000200. The van der Waals surface area contributed by atoms with E-state index in [2.05, 4.69) is 10.6 Å². The maximum Gasteiger partial charge on any atom is 0.224 e. The number of piperidine rings is 2. The van der Waals surface area contributed by atoms with Gasteiger partial charge >= 0.3 is 0 Å². The Morgan fingerprint density at radius 1 is 1.15 bits per heavy atom. The number of hydrogen-bond acceptors (Lipinski definition) is 3. The van der Waals surface area contributed by atoms with Gasteiger partial charge in [0.25, 0.3) is 0 Å². The fraction of sp³-hybridized carbons (Fsp3) is 0.857. The molecule has 2 aliphatic rings. The summed E-state index contributed by atoms with van der Waals surface area (Å²) in [6.07, 6.45) is 5.92. The smallest absolute Gasteiger partial charge is 0.224 e. The number of carbonyl (C=O) groups is 2. The summed E-state index contributed by atoms with van der Waals surface area (Å²) in [6.45, 7) is 4.03. The van der Waals surface area contributed by atoms with Crippen molar-refractivity contribution >= 4 is 24.2 Å². The summed E-state index contributed by atoms with van der Waals surface area (Å²) >= 11 is 0. The lowest BCUT2D eigenvalue weighted by Gasteiger charge is -2.27. The summed E-state index contributed by atoms with van der Waals surface area (Å²) in [7, 11) is 0. The predicted molar refractivity (Wildman–Crippen MR) is 80.9 cm³/mol. The third-order valence-corrected chi connectivity index (χ3v) is 4.01. The molecule has 0 unspecified atom stereocenters. The molecule has 0 radical (unpaired) electrons. The Morgan fingerprint density at radius 3 is 2.55 bits per heavy atom. The van der Waals surface area contributed by atoms with E-state index in [1.807, 2.05) is 4.90 Å². The summed E-state index contributed by atoms with van der Waals surface area (Å²) in [4.78, 5) is 25.7. The van der Waals surface area contributed by atoms with Gasteiger partial charge in [0.2, 0.25) is 11.8 Å². The van der Waals surface area contributed by atoms with E-state index in [4.69, 9.17) is 0 Å². The van der Waals surface area contributed by atoms with Crippen LogP contribution in [-0.2, 0) is 9.59 Å². The second kappa shape index (κ2) is 9.19. The van der Waals surface area contributed by atoms with Gasteiger partial charge in [-0.1, -0.05) is 0 Å². The minimum Gasteiger partial charge on any atom is -0.355 e. The molecule has 1 atom stereocenters. The first-order chi connectivity index (χ1) is 9.27. The van der Waals surface area contributed by atoms with Gasteiger partial charge in [-0.15, -0.1) is 12.4 Å². The molecule has 2 heterocycles. The van der Waals surface area contributed by atoms with Crippen LogP contribution in [-0.4, -0.2) is 49.4 Å². The third-order valence-electron chi connectivity index (χ3n) is 4.01. The molecular weight excluding hydrogens is 278 g/mol. The molecule has 2 N–H and O–H groups in total. The van der Waals surface area contributed by atoms with Gasteiger partial charge in [-0.25, -0.2) is 0 Å². The highest BCUT2D eigenvalue weighted by atomic mass is 35.5. The molecule has 0 bridgehead atoms. The number of halogens is 1. The molecule has 0 saturated carbocycles. The molecule has 0 aromatic carbocycles. The zero-order chi connectivity index (χ0) is 13.5. The zero-order valence-corrected chi connectivity index (χ0v) is 12.8. The Bertz CT molecular complexity index is 284. The fourth-order valence-electron chi connectivity index (χ4n) is 2.81. The molecule has 0 aromatic rings. The van der Waals surface area contributed by atoms with Gasteiger partial charge in [0.15, 0.2) is 0 Å². The molecule has 0 spiro atoms. The maximum absolute atomic E-state index is 11.9. The maximum atomic E-state index is 11.9. The minimum absolute atomic E-state index is 0. The average molecular weight is 304 g/mol. The van der Waals surface area contributed by atoms with Gasteiger partial charge in [-0.3, -0.25) is 9.59 Å². The van der Waals surface area contributed by atoms with E-state index < -0.39 is 0 Å². The van der Waals surface area contributed by atoms with Crippen molar-refractivity contribution in [3.63, 3.8) is 0 Å². The zero-order valence-electron chi connectivity index (χ0n) is 12.0. The molecule has 2 fully saturated rings. The van der Waals surface area contributed by atoms with Crippen LogP contribution >= 0.6 is 12.4 Å². The molecule has 5 nitrogen and oxygen atoms in total. The van der Waals surface area contributed by atoms with E-state index >= 15 is 0 Å². The van der Waals surface area contributed by atoms with Crippen LogP contribution in [0.4, 0.5) is 0 Å². The first kappa shape index (κ1) is 17.2. The molecule has 0 aromatic heterocycles. The van der Waals surface area contributed by atoms with Crippen molar-refractivity contribution in [3.8, 4) is 0 Å². The van der Waals surface area contributed by atoms with Crippen LogP contribution in [0.2, 0.25) is 0 Å². The van der Waals surface area contributed by atoms with Gasteiger partial charge in [0, 0.05) is 32.6 Å². The second-order valence-electron chi connectivity index (χ2n) is 5.53. The lowest BCUT2D eigenvalue weighted by molar-refractivity contribution is -0.132. The molecule has 2 rings (SSSR count). The molecule has 2 aliphatic heterocycles. The van der Waals surface area contributed by atoms with Gasteiger partial charge in [0.1, 0.15) is 0 Å². The number of likely N-dealkylation sites (tertiary alicyclic amines) is 1. The number of amides is 2. The van der Waals surface area contributed by atoms with E-state index in [-0.39, 0.29) is 30.1 Å². The van der Waals surface area contributed by atoms with Crippen LogP contribution in [0, 0.1) is 5.92 Å². The Labute approximate surface area is 127 Å². The van der Waals surface area contributed by atoms with Crippen LogP contribution in [0.1, 0.15) is 38.5 Å². The number of hydrogen-bond donors (Lipinski definition) is 2. The molecule has 6 heteroatoms. The highest BCUT2D eigenvalue weighted by Gasteiger charge is 2.21. The third kappa shape index (κ3) is 5.29. The average Bonchev–Trinajstić information content (AvgIpc) is 2.49. The summed E-state index contributed by atoms with van der Waals surface area (Å²) in [5.41, 5.74) is 0. The van der Waals surface area contributed by atoms with E-state index in [9.17, 15) is 9.59 Å². The van der Waals surface area contributed by atoms with Crippen LogP contribution in [0.5, 0.6) is 0 Å². The normalized spacial score (nSPS) is 22.8. The largest absolute Gasteiger partial charge is 0.355 e. The lowest BCUT2D eigenvalue weighted by Crippen LogP contribution is -2.42. The summed E-state index contributed by atoms with van der Waals surface area (Å²) in [5, 5.41) is 6.13. The summed E-state index contributed by atoms with van der Waals surface area (Å²) in [5.74, 6) is 0.360. The van der Waals surface area contributed by atoms with E-state index in [0.29, 0.717) is 13.0 Å². The van der Waals surface area contributed by atoms with E-state index in [0.717, 1.165) is 51.9 Å². The molecule has 2 saturated heterocycles. The molecule has 20 heavy (non-hydrogen) atoms. The predicted octanol–water partition coefficient (Wildman–Crippen LogP) is 0.927. The molecule has 116 valence electrons. The van der Waals surface area contributed by atoms with Crippen molar-refractivity contribution in [2.24, 2.45) is 5.92 Å². The summed E-state index contributed by atoms with van der Waals surface area (Å²) in [6, 6.07) is 0. The number of nitrogens with one attached hydrogen (secondary N) is 2. The van der Waals surface area contributed by atoms with Crippen molar-refractivity contribution in [1.29, 1.82) is 0 Å². The van der Waals surface area contributed by atoms with Crippen molar-refractivity contribution < 1.29 is 9.59 Å². The van der Waals surface area contributed by atoms with Crippen LogP contribution in [0.25, 0.3) is 0 Å². The minimum atomic E-state index is 0. The van der Waals surface area contributed by atoms with Crippen molar-refractivity contribution in [2.45, 2.75) is 38.5 Å². The lowest BCUT2D eigenvalue weighted by atomic mass is 9.99. The number of rotatable bonds is 4. The second-order valence-corrected chi connectivity index (χ2v) is 5.53. The highest BCUT2D eigenvalue weighted by Crippen LogP contribution is 2.11. The van der Waals surface area contributed by atoms with Crippen LogP contribution < -0.4 is 10.6 Å². The Kier molecular flexibility index (Phi) is 7.92. The van der Waals surface area contributed by atoms with Gasteiger partial charge < -0.3 is 15.5 Å². The molecular formula is C14H26ClN3O2. The highest BCUT2D eigenvalue weighted by molar-refractivity contribution is 5.85. The Hall–Kier alpha value is -0.810. The van der Waals surface area contributed by atoms with Gasteiger partial charge in [-0.2, -0.15) is 0 Å². The number of carbonyl (C=O) groups excluding carboxylic acids is 2. The fourth-order valence-corrected chi connectivity index (χ4v) is 2.81. The van der Waals surface area contributed by atoms with Crippen LogP contribution in [0.15, 0.2) is 0 Å². The topological polar surface area (TPSA) is 61.4 Å². The van der Waals surface area contributed by atoms with Crippen molar-refractivity contribution in [2.75, 3.05) is 32.7 Å². The van der Waals surface area contributed by atoms with Gasteiger partial charge in [0.05, 0.1) is 5.92 Å².